The van der Waals surface area contributed by atoms with Crippen LogP contribution < -0.4 is 4.90 Å². The molecule has 3 nitrogen and oxygen atoms in total. The van der Waals surface area contributed by atoms with Gasteiger partial charge in [-0.15, -0.1) is 0 Å². The van der Waals surface area contributed by atoms with Crippen LogP contribution in [0.25, 0.3) is 11.6 Å². The normalized spacial score (nSPS) is 19.0. The fraction of sp³-hybridized carbons (Fsp3) is 0.0909. The summed E-state index contributed by atoms with van der Waals surface area (Å²) in [6.07, 6.45) is 11.6. The third-order valence-corrected chi connectivity index (χ3v) is 4.63. The number of para-hydroxylation sites is 1. The lowest BCUT2D eigenvalue weighted by Crippen LogP contribution is -2.18. The predicted molar refractivity (Wildman–Crippen MR) is 102 cm³/mol. The Labute approximate surface area is 147 Å². The van der Waals surface area contributed by atoms with Crippen molar-refractivity contribution in [1.82, 2.24) is 4.98 Å². The predicted octanol–water partition coefficient (Wildman–Crippen LogP) is 4.65. The molecule has 4 rings (SSSR count). The van der Waals surface area contributed by atoms with Crippen LogP contribution in [0.4, 0.5) is 5.69 Å². The number of aromatic nitrogens is 1. The van der Waals surface area contributed by atoms with E-state index < -0.39 is 0 Å². The number of nitrogens with zero attached hydrogens (tertiary/aromatic N) is 2. The van der Waals surface area contributed by atoms with Gasteiger partial charge >= 0.3 is 0 Å². The van der Waals surface area contributed by atoms with E-state index in [1.165, 1.54) is 5.56 Å². The number of allylic oxidation sites excluding steroid dienone is 6. The molecule has 2 aromatic rings. The van der Waals surface area contributed by atoms with Crippen LogP contribution in [0.5, 0.6) is 0 Å². The zero-order chi connectivity index (χ0) is 17.4. The maximum Gasteiger partial charge on any atom is 0.211 e. The molecule has 1 aliphatic heterocycles. The topological polar surface area (TPSA) is 33.2 Å². The van der Waals surface area contributed by atoms with Crippen molar-refractivity contribution in [2.75, 3.05) is 11.9 Å². The Bertz CT molecular complexity index is 993. The second-order valence-electron chi connectivity index (χ2n) is 6.22. The van der Waals surface area contributed by atoms with Gasteiger partial charge in [0.15, 0.2) is 0 Å². The summed E-state index contributed by atoms with van der Waals surface area (Å²) in [6, 6.07) is 12.1. The minimum Gasteiger partial charge on any atom is -0.344 e. The summed E-state index contributed by atoms with van der Waals surface area (Å²) in [5.74, 6) is -0.0270. The van der Waals surface area contributed by atoms with E-state index in [9.17, 15) is 4.79 Å². The highest BCUT2D eigenvalue weighted by atomic mass is 16.1. The summed E-state index contributed by atoms with van der Waals surface area (Å²) in [5, 5.41) is 0. The average Bonchev–Trinajstić information content (AvgIpc) is 2.65. The molecule has 1 aromatic heterocycles. The van der Waals surface area contributed by atoms with Crippen molar-refractivity contribution in [3.05, 3.63) is 95.0 Å². The molecule has 0 bridgehead atoms. The van der Waals surface area contributed by atoms with Gasteiger partial charge in [0, 0.05) is 35.8 Å². The van der Waals surface area contributed by atoms with Crippen LogP contribution in [0.15, 0.2) is 78.2 Å². The second-order valence-corrected chi connectivity index (χ2v) is 6.22. The van der Waals surface area contributed by atoms with E-state index in [1.54, 1.807) is 6.20 Å². The van der Waals surface area contributed by atoms with Crippen LogP contribution in [0, 0.1) is 0 Å². The zero-order valence-corrected chi connectivity index (χ0v) is 14.2. The second kappa shape index (κ2) is 6.02. The van der Waals surface area contributed by atoms with Crippen LogP contribution in [0.2, 0.25) is 0 Å². The van der Waals surface area contributed by atoms with Crippen LogP contribution in [-0.4, -0.2) is 17.8 Å². The van der Waals surface area contributed by atoms with Crippen LogP contribution >= 0.6 is 0 Å². The fourth-order valence-electron chi connectivity index (χ4n) is 3.24. The third-order valence-electron chi connectivity index (χ3n) is 4.63. The number of likely N-dealkylation sites (N-methyl/N-ethyl adjacent to an activating group) is 1. The molecule has 122 valence electrons. The van der Waals surface area contributed by atoms with Crippen molar-refractivity contribution in [3.8, 4) is 0 Å². The Morgan fingerprint density at radius 3 is 2.76 bits per heavy atom. The lowest BCUT2D eigenvalue weighted by molar-refractivity contribution is 0.103. The van der Waals surface area contributed by atoms with Gasteiger partial charge in [0.1, 0.15) is 5.69 Å². The molecule has 0 atom stereocenters. The standard InChI is InChI=1S/C22H18N2O/c1-15-14-17(22(25)21-19(15)7-5-13-23-21)10-12-18-11-9-16-6-3-4-8-20(16)24(18)2/h3-14H,1-2H3. The van der Waals surface area contributed by atoms with E-state index in [-0.39, 0.29) is 5.78 Å². The van der Waals surface area contributed by atoms with E-state index in [1.807, 2.05) is 56.5 Å². The molecule has 3 heteroatoms. The Morgan fingerprint density at radius 2 is 1.88 bits per heavy atom. The number of fused-ring (bicyclic) bond motifs is 2. The molecule has 0 saturated carbocycles. The highest BCUT2D eigenvalue weighted by Crippen LogP contribution is 2.30. The summed E-state index contributed by atoms with van der Waals surface area (Å²) in [4.78, 5) is 19.1. The summed E-state index contributed by atoms with van der Waals surface area (Å²) in [7, 11) is 2.04. The first kappa shape index (κ1) is 15.3. The Morgan fingerprint density at radius 1 is 1.04 bits per heavy atom. The van der Waals surface area contributed by atoms with Gasteiger partial charge in [0.2, 0.25) is 5.78 Å². The van der Waals surface area contributed by atoms with Crippen molar-refractivity contribution in [2.24, 2.45) is 0 Å². The van der Waals surface area contributed by atoms with Gasteiger partial charge in [0.05, 0.1) is 0 Å². The van der Waals surface area contributed by atoms with E-state index in [0.717, 1.165) is 22.5 Å². The smallest absolute Gasteiger partial charge is 0.211 e. The number of hydrogen-bond acceptors (Lipinski definition) is 3. The van der Waals surface area contributed by atoms with Crippen LogP contribution in [0.1, 0.15) is 28.5 Å². The van der Waals surface area contributed by atoms with Gasteiger partial charge in [-0.25, -0.2) is 0 Å². The SMILES string of the molecule is CC1=CC(=CC=C2C=Cc3ccccc3N2C)C(=O)c2ncccc21. The maximum absolute atomic E-state index is 12.7. The Hall–Kier alpha value is -3.20. The van der Waals surface area contributed by atoms with Gasteiger partial charge in [-0.05, 0) is 54.5 Å². The third kappa shape index (κ3) is 2.64. The number of anilines is 1. The lowest BCUT2D eigenvalue weighted by Gasteiger charge is -2.26. The first-order chi connectivity index (χ1) is 12.1. The number of Topliss-reactive ketones (excluding diaryl/α,β-unsaturated/α-hetero) is 1. The molecular formula is C22H18N2O. The number of rotatable bonds is 1. The minimum absolute atomic E-state index is 0.0270. The van der Waals surface area contributed by atoms with Gasteiger partial charge in [-0.2, -0.15) is 0 Å². The molecular weight excluding hydrogens is 308 g/mol. The van der Waals surface area contributed by atoms with Crippen molar-refractivity contribution >= 4 is 23.1 Å². The molecule has 0 spiro atoms. The first-order valence-corrected chi connectivity index (χ1v) is 8.26. The molecule has 25 heavy (non-hydrogen) atoms. The van der Waals surface area contributed by atoms with Crippen LogP contribution in [-0.2, 0) is 0 Å². The van der Waals surface area contributed by atoms with Gasteiger partial charge in [-0.1, -0.05) is 30.3 Å². The molecule has 2 heterocycles. The molecule has 0 unspecified atom stereocenters. The molecule has 2 aliphatic rings. The number of pyridine rings is 1. The van der Waals surface area contributed by atoms with E-state index in [4.69, 9.17) is 0 Å². The molecule has 1 aliphatic carbocycles. The molecule has 1 aromatic carbocycles. The first-order valence-electron chi connectivity index (χ1n) is 8.26. The molecule has 0 radical (unpaired) electrons. The monoisotopic (exact) mass is 326 g/mol. The molecule has 0 fully saturated rings. The summed E-state index contributed by atoms with van der Waals surface area (Å²) in [6.45, 7) is 2.01. The molecule has 0 N–H and O–H groups in total. The number of carbonyl (C=O) groups is 1. The highest BCUT2D eigenvalue weighted by Gasteiger charge is 2.21. The van der Waals surface area contributed by atoms with Crippen molar-refractivity contribution < 1.29 is 4.79 Å². The van der Waals surface area contributed by atoms with Gasteiger partial charge < -0.3 is 4.90 Å². The Balaban J connectivity index is 1.70. The minimum atomic E-state index is -0.0270. The van der Waals surface area contributed by atoms with Gasteiger partial charge in [-0.3, -0.25) is 9.78 Å². The van der Waals surface area contributed by atoms with E-state index >= 15 is 0 Å². The van der Waals surface area contributed by atoms with Crippen molar-refractivity contribution in [3.63, 3.8) is 0 Å². The summed E-state index contributed by atoms with van der Waals surface area (Å²) >= 11 is 0. The highest BCUT2D eigenvalue weighted by molar-refractivity contribution is 6.15. The fourth-order valence-corrected chi connectivity index (χ4v) is 3.24. The summed E-state index contributed by atoms with van der Waals surface area (Å²) < 4.78 is 0. The quantitative estimate of drug-likeness (QED) is 0.715. The summed E-state index contributed by atoms with van der Waals surface area (Å²) in [5.41, 5.74) is 6.56. The lowest BCUT2D eigenvalue weighted by atomic mass is 9.91. The number of hydrogen-bond donors (Lipinski definition) is 0. The van der Waals surface area contributed by atoms with Crippen LogP contribution in [0.3, 0.4) is 0 Å². The maximum atomic E-state index is 12.7. The molecule has 0 amide bonds. The van der Waals surface area contributed by atoms with E-state index in [0.29, 0.717) is 11.3 Å². The molecule has 0 saturated heterocycles. The zero-order valence-electron chi connectivity index (χ0n) is 14.2. The largest absolute Gasteiger partial charge is 0.344 e. The van der Waals surface area contributed by atoms with Gasteiger partial charge in [0.25, 0.3) is 0 Å². The van der Waals surface area contributed by atoms with E-state index in [2.05, 4.69) is 34.2 Å². The average molecular weight is 326 g/mol. The van der Waals surface area contributed by atoms with Crippen molar-refractivity contribution in [1.29, 1.82) is 0 Å². The number of carbonyl (C=O) groups excluding carboxylic acids is 1. The van der Waals surface area contributed by atoms with Crippen molar-refractivity contribution in [2.45, 2.75) is 6.92 Å². The number of benzene rings is 1. The number of ketones is 1. The Kier molecular flexibility index (Phi) is 3.69.